The zero-order valence-electron chi connectivity index (χ0n) is 10.5. The van der Waals surface area contributed by atoms with Crippen molar-refractivity contribution in [1.29, 1.82) is 0 Å². The minimum absolute atomic E-state index is 0.122. The number of Topliss-reactive ketones (excluding diaryl/α,β-unsaturated/α-hetero) is 1. The van der Waals surface area contributed by atoms with Crippen LogP contribution in [0.3, 0.4) is 0 Å². The van der Waals surface area contributed by atoms with Crippen LogP contribution in [0.4, 0.5) is 0 Å². The number of hydrogen-bond acceptors (Lipinski definition) is 1. The molecule has 0 aliphatic heterocycles. The van der Waals surface area contributed by atoms with Gasteiger partial charge in [0.25, 0.3) is 0 Å². The molecule has 0 fully saturated rings. The predicted octanol–water partition coefficient (Wildman–Crippen LogP) is 4.38. The third-order valence-corrected chi connectivity index (χ3v) is 3.06. The van der Waals surface area contributed by atoms with Gasteiger partial charge in [-0.15, -0.1) is 0 Å². The molecule has 0 aliphatic rings. The molecule has 0 bridgehead atoms. The Morgan fingerprint density at radius 1 is 1.00 bits per heavy atom. The Hall–Kier alpha value is -1.60. The number of aryl methyl sites for hydroxylation is 2. The fourth-order valence-corrected chi connectivity index (χ4v) is 2.22. The number of halogens is 1. The molecular formula is C16H15ClO. The highest BCUT2D eigenvalue weighted by Crippen LogP contribution is 2.14. The molecule has 0 saturated heterocycles. The summed E-state index contributed by atoms with van der Waals surface area (Å²) in [7, 11) is 0. The van der Waals surface area contributed by atoms with E-state index in [1.807, 2.05) is 13.8 Å². The Morgan fingerprint density at radius 3 is 2.11 bits per heavy atom. The summed E-state index contributed by atoms with van der Waals surface area (Å²) in [5.41, 5.74) is 4.15. The maximum Gasteiger partial charge on any atom is 0.167 e. The third-order valence-electron chi connectivity index (χ3n) is 2.81. The minimum Gasteiger partial charge on any atom is -0.294 e. The van der Waals surface area contributed by atoms with Crippen molar-refractivity contribution in [3.8, 4) is 0 Å². The minimum atomic E-state index is 0.122. The molecule has 0 aromatic heterocycles. The zero-order valence-corrected chi connectivity index (χ0v) is 11.3. The topological polar surface area (TPSA) is 17.1 Å². The van der Waals surface area contributed by atoms with Gasteiger partial charge in [-0.3, -0.25) is 4.79 Å². The highest BCUT2D eigenvalue weighted by molar-refractivity contribution is 6.30. The van der Waals surface area contributed by atoms with Gasteiger partial charge in [-0.1, -0.05) is 40.9 Å². The van der Waals surface area contributed by atoms with Crippen LogP contribution in [0.1, 0.15) is 27.0 Å². The number of benzene rings is 2. The van der Waals surface area contributed by atoms with Crippen molar-refractivity contribution in [2.24, 2.45) is 0 Å². The second kappa shape index (κ2) is 5.36. The van der Waals surface area contributed by atoms with E-state index >= 15 is 0 Å². The number of carbonyl (C=O) groups excluding carboxylic acids is 1. The van der Waals surface area contributed by atoms with Gasteiger partial charge in [-0.05, 0) is 43.7 Å². The molecule has 0 saturated carbocycles. The van der Waals surface area contributed by atoms with Crippen LogP contribution in [0.2, 0.25) is 5.02 Å². The van der Waals surface area contributed by atoms with E-state index in [0.717, 1.165) is 5.56 Å². The van der Waals surface area contributed by atoms with Gasteiger partial charge in [0.2, 0.25) is 0 Å². The van der Waals surface area contributed by atoms with E-state index in [9.17, 15) is 4.79 Å². The lowest BCUT2D eigenvalue weighted by atomic mass is 10.00. The number of rotatable bonds is 3. The molecule has 0 amide bonds. The average Bonchev–Trinajstić information content (AvgIpc) is 2.28. The first kappa shape index (κ1) is 12.8. The largest absolute Gasteiger partial charge is 0.294 e. The van der Waals surface area contributed by atoms with Gasteiger partial charge in [-0.2, -0.15) is 0 Å². The fraction of sp³-hybridized carbons (Fsp3) is 0.188. The van der Waals surface area contributed by atoms with Crippen LogP contribution in [-0.4, -0.2) is 5.78 Å². The molecule has 2 aromatic carbocycles. The summed E-state index contributed by atoms with van der Waals surface area (Å²) in [6.07, 6.45) is 0.435. The molecule has 18 heavy (non-hydrogen) atoms. The van der Waals surface area contributed by atoms with Gasteiger partial charge >= 0.3 is 0 Å². The first-order valence-electron chi connectivity index (χ1n) is 5.90. The molecule has 0 unspecified atom stereocenters. The molecule has 2 rings (SSSR count). The molecule has 0 N–H and O–H groups in total. The lowest BCUT2D eigenvalue weighted by Crippen LogP contribution is -2.03. The summed E-state index contributed by atoms with van der Waals surface area (Å²) in [4.78, 5) is 12.1. The maximum absolute atomic E-state index is 12.1. The van der Waals surface area contributed by atoms with Crippen LogP contribution >= 0.6 is 11.6 Å². The van der Waals surface area contributed by atoms with E-state index in [4.69, 9.17) is 11.6 Å². The van der Waals surface area contributed by atoms with Crippen LogP contribution in [0.25, 0.3) is 0 Å². The molecular weight excluding hydrogens is 244 g/mol. The molecule has 2 heteroatoms. The van der Waals surface area contributed by atoms with Gasteiger partial charge in [-0.25, -0.2) is 0 Å². The Labute approximate surface area is 112 Å². The lowest BCUT2D eigenvalue weighted by molar-refractivity contribution is 0.0993. The Morgan fingerprint density at radius 2 is 1.56 bits per heavy atom. The van der Waals surface area contributed by atoms with Crippen molar-refractivity contribution in [1.82, 2.24) is 0 Å². The Balaban J connectivity index is 2.18. The average molecular weight is 259 g/mol. The van der Waals surface area contributed by atoms with Crippen LogP contribution in [-0.2, 0) is 6.42 Å². The summed E-state index contributed by atoms with van der Waals surface area (Å²) < 4.78 is 0. The summed E-state index contributed by atoms with van der Waals surface area (Å²) in [5, 5.41) is 0.651. The van der Waals surface area contributed by atoms with Crippen molar-refractivity contribution in [3.05, 3.63) is 69.7 Å². The zero-order chi connectivity index (χ0) is 13.1. The molecule has 0 heterocycles. The molecule has 92 valence electrons. The smallest absolute Gasteiger partial charge is 0.167 e. The molecule has 0 radical (unpaired) electrons. The highest BCUT2D eigenvalue weighted by atomic mass is 35.5. The molecule has 0 atom stereocenters. The second-order valence-corrected chi connectivity index (χ2v) is 5.04. The lowest BCUT2D eigenvalue weighted by Gasteiger charge is -2.05. The summed E-state index contributed by atoms with van der Waals surface area (Å²) in [6.45, 7) is 4.09. The monoisotopic (exact) mass is 258 g/mol. The van der Waals surface area contributed by atoms with Gasteiger partial charge in [0.1, 0.15) is 0 Å². The summed E-state index contributed by atoms with van der Waals surface area (Å²) in [6, 6.07) is 13.3. The van der Waals surface area contributed by atoms with Crippen molar-refractivity contribution < 1.29 is 4.79 Å². The van der Waals surface area contributed by atoms with Crippen LogP contribution in [0.5, 0.6) is 0 Å². The highest BCUT2D eigenvalue weighted by Gasteiger charge is 2.07. The first-order valence-corrected chi connectivity index (χ1v) is 6.28. The van der Waals surface area contributed by atoms with Crippen LogP contribution in [0.15, 0.2) is 42.5 Å². The van der Waals surface area contributed by atoms with Crippen LogP contribution < -0.4 is 0 Å². The SMILES string of the molecule is Cc1cc(C)cc(CC(=O)c2ccc(Cl)cc2)c1. The number of hydrogen-bond donors (Lipinski definition) is 0. The van der Waals surface area contributed by atoms with Crippen molar-refractivity contribution in [3.63, 3.8) is 0 Å². The van der Waals surface area contributed by atoms with Crippen molar-refractivity contribution in [2.75, 3.05) is 0 Å². The quantitative estimate of drug-likeness (QED) is 0.747. The maximum atomic E-state index is 12.1. The van der Waals surface area contributed by atoms with E-state index in [1.165, 1.54) is 11.1 Å². The number of ketones is 1. The third kappa shape index (κ3) is 3.21. The Kier molecular flexibility index (Phi) is 3.83. The Bertz CT molecular complexity index is 550. The second-order valence-electron chi connectivity index (χ2n) is 4.60. The number of carbonyl (C=O) groups is 1. The normalized spacial score (nSPS) is 10.4. The van der Waals surface area contributed by atoms with Gasteiger partial charge in [0.05, 0.1) is 0 Å². The van der Waals surface area contributed by atoms with E-state index in [0.29, 0.717) is 17.0 Å². The standard InChI is InChI=1S/C16H15ClO/c1-11-7-12(2)9-13(8-11)10-16(18)14-3-5-15(17)6-4-14/h3-9H,10H2,1-2H3. The van der Waals surface area contributed by atoms with Gasteiger partial charge in [0, 0.05) is 17.0 Å². The summed E-state index contributed by atoms with van der Waals surface area (Å²) in [5.74, 6) is 0.122. The van der Waals surface area contributed by atoms with Crippen molar-refractivity contribution >= 4 is 17.4 Å². The van der Waals surface area contributed by atoms with E-state index < -0.39 is 0 Å². The van der Waals surface area contributed by atoms with E-state index in [2.05, 4.69) is 18.2 Å². The first-order chi connectivity index (χ1) is 8.54. The van der Waals surface area contributed by atoms with E-state index in [-0.39, 0.29) is 5.78 Å². The van der Waals surface area contributed by atoms with E-state index in [1.54, 1.807) is 24.3 Å². The molecule has 2 aromatic rings. The molecule has 0 spiro atoms. The van der Waals surface area contributed by atoms with Crippen molar-refractivity contribution in [2.45, 2.75) is 20.3 Å². The predicted molar refractivity (Wildman–Crippen MR) is 75.4 cm³/mol. The summed E-state index contributed by atoms with van der Waals surface area (Å²) >= 11 is 5.81. The van der Waals surface area contributed by atoms with Gasteiger partial charge < -0.3 is 0 Å². The van der Waals surface area contributed by atoms with Crippen LogP contribution in [0, 0.1) is 13.8 Å². The molecule has 0 aliphatic carbocycles. The molecule has 1 nitrogen and oxygen atoms in total. The fourth-order valence-electron chi connectivity index (χ4n) is 2.09. The van der Waals surface area contributed by atoms with Gasteiger partial charge in [0.15, 0.2) is 5.78 Å².